The van der Waals surface area contributed by atoms with Crippen molar-refractivity contribution < 1.29 is 4.39 Å². The molecule has 0 aliphatic heterocycles. The van der Waals surface area contributed by atoms with Crippen molar-refractivity contribution in [2.45, 2.75) is 0 Å². The van der Waals surface area contributed by atoms with Crippen LogP contribution in [0.5, 0.6) is 0 Å². The maximum Gasteiger partial charge on any atom is 0.125 e. The van der Waals surface area contributed by atoms with E-state index in [1.165, 1.54) is 12.1 Å². The molecule has 0 unspecified atom stereocenters. The van der Waals surface area contributed by atoms with E-state index in [0.717, 1.165) is 15.2 Å². The highest BCUT2D eigenvalue weighted by atomic mass is 79.9. The van der Waals surface area contributed by atoms with Crippen LogP contribution in [-0.2, 0) is 0 Å². The first-order valence-electron chi connectivity index (χ1n) is 4.60. The van der Waals surface area contributed by atoms with Gasteiger partial charge in [-0.1, -0.05) is 0 Å². The molecule has 2 rings (SSSR count). The van der Waals surface area contributed by atoms with Crippen LogP contribution in [0.2, 0.25) is 0 Å². The van der Waals surface area contributed by atoms with Crippen LogP contribution in [0, 0.1) is 5.82 Å². The third kappa shape index (κ3) is 2.20. The number of nitrogen functional groups attached to an aromatic ring is 1. The van der Waals surface area contributed by atoms with Gasteiger partial charge in [0.2, 0.25) is 0 Å². The maximum absolute atomic E-state index is 12.9. The van der Waals surface area contributed by atoms with Crippen LogP contribution in [-0.4, -0.2) is 7.05 Å². The molecule has 0 amide bonds. The molecule has 16 heavy (non-hydrogen) atoms. The Bertz CT molecular complexity index is 512. The summed E-state index contributed by atoms with van der Waals surface area (Å²) in [6.07, 6.45) is 0. The highest BCUT2D eigenvalue weighted by Crippen LogP contribution is 2.34. The summed E-state index contributed by atoms with van der Waals surface area (Å²) in [6.45, 7) is 0. The first-order valence-corrected chi connectivity index (χ1v) is 6.28. The average Bonchev–Trinajstić information content (AvgIpc) is 2.64. The molecule has 0 spiro atoms. The molecular formula is C11H10BrFN2S. The Labute approximate surface area is 106 Å². The Hall–Kier alpha value is -1.07. The standard InChI is InChI=1S/C11H10BrFN2S/c1-15(11-4-7(12)6-16-11)10-3-2-8(13)5-9(10)14/h2-6H,14H2,1H3. The zero-order chi connectivity index (χ0) is 11.7. The van der Waals surface area contributed by atoms with Gasteiger partial charge in [0.1, 0.15) is 5.82 Å². The summed E-state index contributed by atoms with van der Waals surface area (Å²) in [6, 6.07) is 6.41. The molecule has 0 atom stereocenters. The van der Waals surface area contributed by atoms with Crippen LogP contribution in [0.15, 0.2) is 34.1 Å². The number of rotatable bonds is 2. The van der Waals surface area contributed by atoms with Crippen molar-refractivity contribution >= 4 is 43.6 Å². The van der Waals surface area contributed by atoms with Crippen LogP contribution >= 0.6 is 27.3 Å². The number of thiophene rings is 1. The second kappa shape index (κ2) is 4.43. The summed E-state index contributed by atoms with van der Waals surface area (Å²) in [5.74, 6) is -0.318. The zero-order valence-corrected chi connectivity index (χ0v) is 11.0. The van der Waals surface area contributed by atoms with Crippen LogP contribution in [0.3, 0.4) is 0 Å². The van der Waals surface area contributed by atoms with Gasteiger partial charge in [-0.05, 0) is 40.2 Å². The lowest BCUT2D eigenvalue weighted by Crippen LogP contribution is -2.10. The molecule has 1 heterocycles. The first kappa shape index (κ1) is 11.4. The van der Waals surface area contributed by atoms with E-state index in [0.29, 0.717) is 5.69 Å². The molecule has 0 bridgehead atoms. The van der Waals surface area contributed by atoms with Crippen molar-refractivity contribution in [1.82, 2.24) is 0 Å². The van der Waals surface area contributed by atoms with E-state index in [1.807, 2.05) is 23.4 Å². The average molecular weight is 301 g/mol. The molecule has 0 aliphatic carbocycles. The van der Waals surface area contributed by atoms with E-state index in [4.69, 9.17) is 5.73 Å². The molecule has 1 aromatic carbocycles. The molecular weight excluding hydrogens is 291 g/mol. The van der Waals surface area contributed by atoms with Gasteiger partial charge in [0.15, 0.2) is 0 Å². The van der Waals surface area contributed by atoms with Gasteiger partial charge in [0, 0.05) is 16.9 Å². The number of nitrogens with two attached hydrogens (primary N) is 1. The predicted octanol–water partition coefficient (Wildman–Crippen LogP) is 4.00. The van der Waals surface area contributed by atoms with Gasteiger partial charge in [-0.15, -0.1) is 11.3 Å². The fourth-order valence-corrected chi connectivity index (χ4v) is 2.83. The van der Waals surface area contributed by atoms with E-state index >= 15 is 0 Å². The van der Waals surface area contributed by atoms with Crippen molar-refractivity contribution in [2.24, 2.45) is 0 Å². The molecule has 2 aromatic rings. The lowest BCUT2D eigenvalue weighted by Gasteiger charge is -2.19. The number of hydrogen-bond donors (Lipinski definition) is 1. The highest BCUT2D eigenvalue weighted by molar-refractivity contribution is 9.10. The SMILES string of the molecule is CN(c1cc(Br)cs1)c1ccc(F)cc1N. The van der Waals surface area contributed by atoms with E-state index in [-0.39, 0.29) is 5.82 Å². The van der Waals surface area contributed by atoms with E-state index in [1.54, 1.807) is 17.4 Å². The largest absolute Gasteiger partial charge is 0.397 e. The van der Waals surface area contributed by atoms with Crippen molar-refractivity contribution in [1.29, 1.82) is 0 Å². The zero-order valence-electron chi connectivity index (χ0n) is 8.58. The van der Waals surface area contributed by atoms with Crippen molar-refractivity contribution in [3.8, 4) is 0 Å². The fraction of sp³-hybridized carbons (Fsp3) is 0.0909. The summed E-state index contributed by atoms with van der Waals surface area (Å²) < 4.78 is 13.9. The van der Waals surface area contributed by atoms with Crippen LogP contribution < -0.4 is 10.6 Å². The minimum atomic E-state index is -0.318. The van der Waals surface area contributed by atoms with E-state index in [9.17, 15) is 4.39 Å². The van der Waals surface area contributed by atoms with Crippen LogP contribution in [0.25, 0.3) is 0 Å². The Morgan fingerprint density at radius 3 is 2.69 bits per heavy atom. The minimum Gasteiger partial charge on any atom is -0.397 e. The molecule has 2 N–H and O–H groups in total. The summed E-state index contributed by atoms with van der Waals surface area (Å²) in [4.78, 5) is 1.93. The Morgan fingerprint density at radius 2 is 2.12 bits per heavy atom. The van der Waals surface area contributed by atoms with Crippen LogP contribution in [0.1, 0.15) is 0 Å². The number of anilines is 3. The van der Waals surface area contributed by atoms with Crippen molar-refractivity contribution in [2.75, 3.05) is 17.7 Å². The van der Waals surface area contributed by atoms with Gasteiger partial charge in [-0.3, -0.25) is 0 Å². The summed E-state index contributed by atoms with van der Waals surface area (Å²) in [7, 11) is 1.90. The monoisotopic (exact) mass is 300 g/mol. The summed E-state index contributed by atoms with van der Waals surface area (Å²) >= 11 is 4.99. The second-order valence-corrected chi connectivity index (χ2v) is 5.17. The second-order valence-electron chi connectivity index (χ2n) is 3.37. The van der Waals surface area contributed by atoms with E-state index < -0.39 is 0 Å². The molecule has 0 saturated heterocycles. The Kier molecular flexibility index (Phi) is 3.16. The van der Waals surface area contributed by atoms with Gasteiger partial charge >= 0.3 is 0 Å². The smallest absolute Gasteiger partial charge is 0.125 e. The number of nitrogens with zero attached hydrogens (tertiary/aromatic N) is 1. The number of halogens is 2. The quantitative estimate of drug-likeness (QED) is 0.850. The van der Waals surface area contributed by atoms with Gasteiger partial charge in [-0.25, -0.2) is 4.39 Å². The topological polar surface area (TPSA) is 29.3 Å². The Balaban J connectivity index is 2.37. The predicted molar refractivity (Wildman–Crippen MR) is 70.9 cm³/mol. The maximum atomic E-state index is 12.9. The first-order chi connectivity index (χ1) is 7.58. The molecule has 0 fully saturated rings. The van der Waals surface area contributed by atoms with Gasteiger partial charge in [0.25, 0.3) is 0 Å². The Morgan fingerprint density at radius 1 is 1.38 bits per heavy atom. The molecule has 2 nitrogen and oxygen atoms in total. The third-order valence-electron chi connectivity index (χ3n) is 2.24. The normalized spacial score (nSPS) is 10.4. The molecule has 0 saturated carbocycles. The van der Waals surface area contributed by atoms with Crippen molar-refractivity contribution in [3.05, 3.63) is 39.9 Å². The summed E-state index contributed by atoms with van der Waals surface area (Å²) in [5.41, 5.74) is 7.02. The molecule has 0 radical (unpaired) electrons. The third-order valence-corrected chi connectivity index (χ3v) is 4.00. The molecule has 84 valence electrons. The highest BCUT2D eigenvalue weighted by Gasteiger charge is 2.10. The van der Waals surface area contributed by atoms with Gasteiger partial charge < -0.3 is 10.6 Å². The van der Waals surface area contributed by atoms with Gasteiger partial charge in [-0.2, -0.15) is 0 Å². The van der Waals surface area contributed by atoms with Crippen LogP contribution in [0.4, 0.5) is 20.8 Å². The lowest BCUT2D eigenvalue weighted by atomic mass is 10.2. The fourth-order valence-electron chi connectivity index (χ4n) is 1.43. The van der Waals surface area contributed by atoms with Gasteiger partial charge in [0.05, 0.1) is 16.4 Å². The lowest BCUT2D eigenvalue weighted by molar-refractivity contribution is 0.628. The minimum absolute atomic E-state index is 0.318. The molecule has 0 aliphatic rings. The summed E-state index contributed by atoms with van der Waals surface area (Å²) in [5, 5.41) is 3.04. The van der Waals surface area contributed by atoms with E-state index in [2.05, 4.69) is 15.9 Å². The number of hydrogen-bond acceptors (Lipinski definition) is 3. The van der Waals surface area contributed by atoms with Crippen molar-refractivity contribution in [3.63, 3.8) is 0 Å². The molecule has 5 heteroatoms. The molecule has 1 aromatic heterocycles. The number of benzene rings is 1.